The summed E-state index contributed by atoms with van der Waals surface area (Å²) in [6.07, 6.45) is 5.12. The average Bonchev–Trinajstić information content (AvgIpc) is 3.30. The molecule has 0 saturated carbocycles. The van der Waals surface area contributed by atoms with Gasteiger partial charge in [0.1, 0.15) is 6.04 Å². The number of hydrogen-bond donors (Lipinski definition) is 1. The second-order valence-electron chi connectivity index (χ2n) is 6.57. The van der Waals surface area contributed by atoms with Crippen molar-refractivity contribution in [1.82, 2.24) is 9.88 Å². The van der Waals surface area contributed by atoms with Gasteiger partial charge in [-0.1, -0.05) is 35.9 Å². The molecule has 2 amide bonds. The molecule has 1 aliphatic rings. The van der Waals surface area contributed by atoms with E-state index >= 15 is 0 Å². The van der Waals surface area contributed by atoms with Gasteiger partial charge in [-0.05, 0) is 32.3 Å². The molecule has 1 aliphatic heterocycles. The van der Waals surface area contributed by atoms with Crippen LogP contribution in [0.2, 0.25) is 0 Å². The maximum absolute atomic E-state index is 12.7. The number of allylic oxidation sites excluding steroid dienone is 1. The minimum absolute atomic E-state index is 0.0963. The number of hydrogen-bond acceptors (Lipinski definition) is 5. The van der Waals surface area contributed by atoms with Gasteiger partial charge in [-0.15, -0.1) is 23.1 Å². The number of benzene rings is 1. The van der Waals surface area contributed by atoms with Crippen molar-refractivity contribution < 1.29 is 9.59 Å². The lowest BCUT2D eigenvalue weighted by molar-refractivity contribution is -0.132. The predicted molar refractivity (Wildman–Crippen MR) is 112 cm³/mol. The van der Waals surface area contributed by atoms with Crippen LogP contribution in [-0.2, 0) is 16.0 Å². The van der Waals surface area contributed by atoms with Gasteiger partial charge in [0.05, 0.1) is 5.88 Å². The third kappa shape index (κ3) is 5.43. The molecule has 3 rings (SSSR count). The van der Waals surface area contributed by atoms with Gasteiger partial charge in [-0.25, -0.2) is 4.98 Å². The minimum Gasteiger partial charge on any atom is -0.317 e. The maximum Gasteiger partial charge on any atom is 0.249 e. The molecule has 142 valence electrons. The van der Waals surface area contributed by atoms with Crippen LogP contribution in [0.1, 0.15) is 23.8 Å². The third-order valence-corrected chi connectivity index (χ3v) is 6.18. The second kappa shape index (κ2) is 9.19. The van der Waals surface area contributed by atoms with Crippen LogP contribution in [-0.4, -0.2) is 39.4 Å². The number of carbonyl (C=O) groups is 2. The van der Waals surface area contributed by atoms with Gasteiger partial charge < -0.3 is 10.2 Å². The van der Waals surface area contributed by atoms with Gasteiger partial charge in [0.2, 0.25) is 11.8 Å². The molecule has 7 heteroatoms. The first-order valence-electron chi connectivity index (χ1n) is 8.85. The molecule has 0 radical (unpaired) electrons. The van der Waals surface area contributed by atoms with E-state index in [1.165, 1.54) is 16.9 Å². The lowest BCUT2D eigenvalue weighted by Gasteiger charge is -2.21. The quantitative estimate of drug-likeness (QED) is 0.747. The molecule has 1 atom stereocenters. The largest absolute Gasteiger partial charge is 0.317 e. The number of nitrogens with one attached hydrogen (secondary N) is 1. The summed E-state index contributed by atoms with van der Waals surface area (Å²) < 4.78 is 0. The smallest absolute Gasteiger partial charge is 0.249 e. The second-order valence-corrected chi connectivity index (χ2v) is 8.80. The standard InChI is InChI=1S/C20H23N3O2S2/c1-14(8-9-16-6-4-3-5-7-16)10-18(24)23-13-26-12-17(23)19(25)22-20-21-11-15(2)27-20/h3-7,10-11,17H,8-9,12-13H2,1-2H3,(H,21,22,25). The van der Waals surface area contributed by atoms with Crippen LogP contribution in [0.25, 0.3) is 0 Å². The van der Waals surface area contributed by atoms with Crippen LogP contribution >= 0.6 is 23.1 Å². The Balaban J connectivity index is 1.58. The minimum atomic E-state index is -0.454. The van der Waals surface area contributed by atoms with Crippen molar-refractivity contribution in [3.8, 4) is 0 Å². The molecule has 1 aromatic carbocycles. The van der Waals surface area contributed by atoms with Crippen molar-refractivity contribution in [1.29, 1.82) is 0 Å². The molecule has 1 saturated heterocycles. The van der Waals surface area contributed by atoms with E-state index in [4.69, 9.17) is 0 Å². The third-order valence-electron chi connectivity index (χ3n) is 4.34. The summed E-state index contributed by atoms with van der Waals surface area (Å²) in [5.41, 5.74) is 2.28. The Morgan fingerprint density at radius 2 is 2.11 bits per heavy atom. The summed E-state index contributed by atoms with van der Waals surface area (Å²) in [5, 5.41) is 3.41. The summed E-state index contributed by atoms with van der Waals surface area (Å²) >= 11 is 3.03. The van der Waals surface area contributed by atoms with Crippen LogP contribution < -0.4 is 5.32 Å². The van der Waals surface area contributed by atoms with E-state index in [2.05, 4.69) is 22.4 Å². The highest BCUT2D eigenvalue weighted by atomic mass is 32.2. The number of nitrogens with zero attached hydrogens (tertiary/aromatic N) is 2. The van der Waals surface area contributed by atoms with Crippen molar-refractivity contribution in [2.45, 2.75) is 32.7 Å². The zero-order chi connectivity index (χ0) is 19.2. The number of anilines is 1. The van der Waals surface area contributed by atoms with Crippen LogP contribution in [0.15, 0.2) is 48.2 Å². The number of aromatic nitrogens is 1. The fraction of sp³-hybridized carbons (Fsp3) is 0.350. The molecule has 1 unspecified atom stereocenters. The Kier molecular flexibility index (Phi) is 6.68. The first-order chi connectivity index (χ1) is 13.0. The Hall–Kier alpha value is -2.12. The van der Waals surface area contributed by atoms with Crippen molar-refractivity contribution in [2.24, 2.45) is 0 Å². The van der Waals surface area contributed by atoms with Gasteiger partial charge in [0, 0.05) is 22.9 Å². The number of aryl methyl sites for hydroxylation is 2. The van der Waals surface area contributed by atoms with E-state index in [-0.39, 0.29) is 11.8 Å². The van der Waals surface area contributed by atoms with Crippen molar-refractivity contribution in [3.05, 3.63) is 58.6 Å². The number of thiazole rings is 1. The lowest BCUT2D eigenvalue weighted by Crippen LogP contribution is -2.44. The van der Waals surface area contributed by atoms with E-state index in [0.29, 0.717) is 16.8 Å². The number of amides is 2. The summed E-state index contributed by atoms with van der Waals surface area (Å²) in [5.74, 6) is 0.883. The average molecular weight is 402 g/mol. The van der Waals surface area contributed by atoms with Crippen LogP contribution in [0.3, 0.4) is 0 Å². The molecule has 1 fully saturated rings. The fourth-order valence-electron chi connectivity index (χ4n) is 2.83. The monoisotopic (exact) mass is 401 g/mol. The molecule has 27 heavy (non-hydrogen) atoms. The topological polar surface area (TPSA) is 62.3 Å². The fourth-order valence-corrected chi connectivity index (χ4v) is 4.66. The molecule has 5 nitrogen and oxygen atoms in total. The molecular weight excluding hydrogens is 378 g/mol. The Morgan fingerprint density at radius 3 is 2.81 bits per heavy atom. The summed E-state index contributed by atoms with van der Waals surface area (Å²) in [7, 11) is 0. The maximum atomic E-state index is 12.7. The lowest BCUT2D eigenvalue weighted by atomic mass is 10.1. The first kappa shape index (κ1) is 19.6. The van der Waals surface area contributed by atoms with Crippen LogP contribution in [0.4, 0.5) is 5.13 Å². The van der Waals surface area contributed by atoms with Gasteiger partial charge in [-0.2, -0.15) is 0 Å². The highest BCUT2D eigenvalue weighted by Crippen LogP contribution is 2.24. The van der Waals surface area contributed by atoms with E-state index in [0.717, 1.165) is 23.3 Å². The Bertz CT molecular complexity index is 833. The zero-order valence-electron chi connectivity index (χ0n) is 15.5. The van der Waals surface area contributed by atoms with Crippen LogP contribution in [0, 0.1) is 6.92 Å². The zero-order valence-corrected chi connectivity index (χ0v) is 17.1. The van der Waals surface area contributed by atoms with Crippen LogP contribution in [0.5, 0.6) is 0 Å². The highest BCUT2D eigenvalue weighted by molar-refractivity contribution is 7.99. The molecule has 0 bridgehead atoms. The molecule has 2 aromatic rings. The molecular formula is C20H23N3O2S2. The predicted octanol–water partition coefficient (Wildman–Crippen LogP) is 3.87. The number of thioether (sulfide) groups is 1. The molecule has 1 N–H and O–H groups in total. The van der Waals surface area contributed by atoms with Gasteiger partial charge in [0.25, 0.3) is 0 Å². The first-order valence-corrected chi connectivity index (χ1v) is 10.8. The van der Waals surface area contributed by atoms with Crippen molar-refractivity contribution >= 4 is 40.0 Å². The van der Waals surface area contributed by atoms with Gasteiger partial charge in [0.15, 0.2) is 5.13 Å². The normalized spacial score (nSPS) is 17.2. The molecule has 0 aliphatic carbocycles. The number of carbonyl (C=O) groups excluding carboxylic acids is 2. The van der Waals surface area contributed by atoms with Crippen molar-refractivity contribution in [3.63, 3.8) is 0 Å². The van der Waals surface area contributed by atoms with E-state index in [1.807, 2.05) is 32.0 Å². The SMILES string of the molecule is CC(=CC(=O)N1CSCC1C(=O)Nc1ncc(C)s1)CCc1ccccc1. The summed E-state index contributed by atoms with van der Waals surface area (Å²) in [6, 6.07) is 9.77. The molecule has 0 spiro atoms. The highest BCUT2D eigenvalue weighted by Gasteiger charge is 2.34. The van der Waals surface area contributed by atoms with E-state index in [1.54, 1.807) is 28.9 Å². The van der Waals surface area contributed by atoms with Gasteiger partial charge in [-0.3, -0.25) is 9.59 Å². The molecule has 1 aromatic heterocycles. The van der Waals surface area contributed by atoms with E-state index < -0.39 is 6.04 Å². The summed E-state index contributed by atoms with van der Waals surface area (Å²) in [6.45, 7) is 3.91. The van der Waals surface area contributed by atoms with E-state index in [9.17, 15) is 9.59 Å². The Morgan fingerprint density at radius 1 is 1.33 bits per heavy atom. The van der Waals surface area contributed by atoms with Crippen molar-refractivity contribution in [2.75, 3.05) is 16.9 Å². The van der Waals surface area contributed by atoms with Gasteiger partial charge >= 0.3 is 0 Å². The summed E-state index contributed by atoms with van der Waals surface area (Å²) in [4.78, 5) is 32.1. The Labute approximate surface area is 167 Å². The molecule has 2 heterocycles. The number of rotatable bonds is 6.